The summed E-state index contributed by atoms with van der Waals surface area (Å²) in [5.41, 5.74) is 3.77. The molecule has 162 valence electrons. The number of benzene rings is 1. The van der Waals surface area contributed by atoms with Crippen molar-refractivity contribution in [1.82, 2.24) is 9.66 Å². The normalized spacial score (nSPS) is 25.7. The molecule has 3 fully saturated rings. The molecule has 1 unspecified atom stereocenters. The Morgan fingerprint density at radius 3 is 2.67 bits per heavy atom. The van der Waals surface area contributed by atoms with Crippen LogP contribution in [0.25, 0.3) is 10.9 Å². The van der Waals surface area contributed by atoms with E-state index in [-0.39, 0.29) is 22.6 Å². The lowest BCUT2D eigenvalue weighted by Gasteiger charge is -2.60. The molecule has 1 heterocycles. The molecule has 1 N–H and O–H groups in total. The van der Waals surface area contributed by atoms with Crippen LogP contribution >= 0.6 is 11.8 Å². The van der Waals surface area contributed by atoms with Gasteiger partial charge in [-0.1, -0.05) is 39.8 Å². The fourth-order valence-electron chi connectivity index (χ4n) is 5.35. The van der Waals surface area contributed by atoms with Crippen molar-refractivity contribution in [3.63, 3.8) is 0 Å². The van der Waals surface area contributed by atoms with Gasteiger partial charge in [-0.15, -0.1) is 11.8 Å². The van der Waals surface area contributed by atoms with E-state index >= 15 is 0 Å². The Morgan fingerprint density at radius 1 is 1.27 bits per heavy atom. The fourth-order valence-corrected chi connectivity index (χ4v) is 6.49. The predicted octanol–water partition coefficient (Wildman–Crippen LogP) is 4.78. The molecule has 0 saturated heterocycles. The van der Waals surface area contributed by atoms with Crippen molar-refractivity contribution in [1.29, 1.82) is 0 Å². The van der Waals surface area contributed by atoms with Crippen LogP contribution in [0, 0.1) is 23.2 Å². The van der Waals surface area contributed by atoms with Crippen LogP contribution in [0.2, 0.25) is 0 Å². The van der Waals surface area contributed by atoms with Gasteiger partial charge in [0.1, 0.15) is 5.82 Å². The van der Waals surface area contributed by atoms with Crippen LogP contribution < -0.4 is 11.0 Å². The molecule has 0 aliphatic heterocycles. The Kier molecular flexibility index (Phi) is 5.73. The molecule has 2 aromatic rings. The van der Waals surface area contributed by atoms with Crippen LogP contribution in [-0.2, 0) is 4.79 Å². The maximum absolute atomic E-state index is 13.0. The first-order chi connectivity index (χ1) is 14.2. The Balaban J connectivity index is 1.47. The number of carbonyl (C=O) groups is 1. The number of carbonyl (C=O) groups excluding carboxylic acids is 1. The van der Waals surface area contributed by atoms with E-state index in [0.29, 0.717) is 28.1 Å². The van der Waals surface area contributed by atoms with Crippen LogP contribution in [0.4, 0.5) is 0 Å². The summed E-state index contributed by atoms with van der Waals surface area (Å²) in [6.07, 6.45) is 3.96. The lowest BCUT2D eigenvalue weighted by Crippen LogP contribution is -2.53. The van der Waals surface area contributed by atoms with Gasteiger partial charge in [0.2, 0.25) is 0 Å². The molecule has 3 aliphatic rings. The van der Waals surface area contributed by atoms with Gasteiger partial charge in [0.15, 0.2) is 0 Å². The zero-order valence-corrected chi connectivity index (χ0v) is 19.5. The minimum absolute atomic E-state index is 0.0154. The van der Waals surface area contributed by atoms with Gasteiger partial charge in [-0.05, 0) is 67.2 Å². The molecule has 2 bridgehead atoms. The van der Waals surface area contributed by atoms with Crippen molar-refractivity contribution in [3.05, 3.63) is 40.4 Å². The first kappa shape index (κ1) is 21.4. The predicted molar refractivity (Wildman–Crippen MR) is 124 cm³/mol. The first-order valence-corrected chi connectivity index (χ1v) is 12.2. The van der Waals surface area contributed by atoms with Crippen LogP contribution in [0.3, 0.4) is 0 Å². The molecular formula is C24H33N3O2S. The van der Waals surface area contributed by atoms with E-state index in [0.717, 1.165) is 17.6 Å². The van der Waals surface area contributed by atoms with Crippen molar-refractivity contribution in [2.24, 2.45) is 23.2 Å². The Morgan fingerprint density at radius 2 is 2.00 bits per heavy atom. The molecule has 1 amide bonds. The lowest BCUT2D eigenvalue weighted by molar-refractivity contribution is -0.116. The monoisotopic (exact) mass is 427 g/mol. The third-order valence-electron chi connectivity index (χ3n) is 7.47. The van der Waals surface area contributed by atoms with E-state index in [1.54, 1.807) is 17.8 Å². The van der Waals surface area contributed by atoms with Crippen molar-refractivity contribution in [3.8, 4) is 0 Å². The fraction of sp³-hybridized carbons (Fsp3) is 0.625. The summed E-state index contributed by atoms with van der Waals surface area (Å²) in [6.45, 7) is 10.7. The minimum atomic E-state index is -0.218. The van der Waals surface area contributed by atoms with Crippen LogP contribution in [-0.4, -0.2) is 26.6 Å². The second kappa shape index (κ2) is 8.03. The molecule has 0 spiro atoms. The van der Waals surface area contributed by atoms with Crippen molar-refractivity contribution >= 4 is 28.6 Å². The number of para-hydroxylation sites is 1. The number of aromatic nitrogens is 2. The van der Waals surface area contributed by atoms with Gasteiger partial charge in [-0.3, -0.25) is 15.0 Å². The molecule has 30 heavy (non-hydrogen) atoms. The standard InChI is InChI=1S/C24H33N3O2S/c1-14(2)21-25-20-9-7-6-8-18(20)23(29)27(21)26-22(28)15(3)30-13-16-10-11-17-12-19(16)24(17,4)5/h6-9,14-17,19H,10-13H2,1-5H3,(H,26,28)/t15?,16-,17-,19+/m0/s1. The van der Waals surface area contributed by atoms with Gasteiger partial charge < -0.3 is 0 Å². The molecule has 3 saturated carbocycles. The number of amides is 1. The summed E-state index contributed by atoms with van der Waals surface area (Å²) in [4.78, 5) is 30.6. The van der Waals surface area contributed by atoms with Crippen molar-refractivity contribution in [2.75, 3.05) is 11.2 Å². The molecule has 3 aliphatic carbocycles. The van der Waals surface area contributed by atoms with Crippen LogP contribution in [0.5, 0.6) is 0 Å². The number of rotatable bonds is 6. The van der Waals surface area contributed by atoms with Gasteiger partial charge in [0.05, 0.1) is 16.2 Å². The SMILES string of the molecule is CC(SC[C@@H]1CC[C@H]2C[C@H]1C2(C)C)C(=O)Nn1c(C(C)C)nc2ccccc2c1=O. The third-order valence-corrected chi connectivity index (χ3v) is 8.81. The van der Waals surface area contributed by atoms with Crippen LogP contribution in [0.15, 0.2) is 29.1 Å². The van der Waals surface area contributed by atoms with Gasteiger partial charge in [0, 0.05) is 5.92 Å². The highest BCUT2D eigenvalue weighted by atomic mass is 32.2. The second-order valence-electron chi connectivity index (χ2n) is 9.93. The second-order valence-corrected chi connectivity index (χ2v) is 11.3. The smallest absolute Gasteiger partial charge is 0.272 e. The maximum atomic E-state index is 13.0. The number of nitrogens with zero attached hydrogens (tertiary/aromatic N) is 2. The Labute approximate surface area is 183 Å². The minimum Gasteiger partial charge on any atom is -0.272 e. The molecular weight excluding hydrogens is 394 g/mol. The number of thioether (sulfide) groups is 1. The van der Waals surface area contributed by atoms with Crippen molar-refractivity contribution < 1.29 is 4.79 Å². The van der Waals surface area contributed by atoms with E-state index < -0.39 is 0 Å². The van der Waals surface area contributed by atoms with E-state index in [1.807, 2.05) is 39.0 Å². The van der Waals surface area contributed by atoms with Gasteiger partial charge in [-0.25, -0.2) is 9.66 Å². The van der Waals surface area contributed by atoms with E-state index in [4.69, 9.17) is 0 Å². The molecule has 5 nitrogen and oxygen atoms in total. The van der Waals surface area contributed by atoms with Gasteiger partial charge >= 0.3 is 0 Å². The third kappa shape index (κ3) is 3.68. The number of fused-ring (bicyclic) bond motifs is 3. The van der Waals surface area contributed by atoms with Crippen molar-refractivity contribution in [2.45, 2.75) is 65.0 Å². The number of hydrogen-bond acceptors (Lipinski definition) is 4. The molecule has 6 heteroatoms. The summed E-state index contributed by atoms with van der Waals surface area (Å²) in [5.74, 6) is 3.85. The molecule has 5 rings (SSSR count). The zero-order chi connectivity index (χ0) is 21.6. The van der Waals surface area contributed by atoms with E-state index in [1.165, 1.54) is 23.9 Å². The number of hydrogen-bond donors (Lipinski definition) is 1. The zero-order valence-electron chi connectivity index (χ0n) is 18.6. The Bertz CT molecular complexity index is 1010. The lowest BCUT2D eigenvalue weighted by atomic mass is 9.46. The largest absolute Gasteiger partial charge is 0.280 e. The Hall–Kier alpha value is -1.82. The highest BCUT2D eigenvalue weighted by Crippen LogP contribution is 2.61. The topological polar surface area (TPSA) is 64.0 Å². The first-order valence-electron chi connectivity index (χ1n) is 11.1. The quantitative estimate of drug-likeness (QED) is 0.720. The summed E-state index contributed by atoms with van der Waals surface area (Å²) < 4.78 is 1.35. The summed E-state index contributed by atoms with van der Waals surface area (Å²) >= 11 is 1.72. The average Bonchev–Trinajstić information content (AvgIpc) is 2.73. The summed E-state index contributed by atoms with van der Waals surface area (Å²) in [7, 11) is 0. The van der Waals surface area contributed by atoms with E-state index in [2.05, 4.69) is 24.3 Å². The molecule has 1 aromatic heterocycles. The highest BCUT2D eigenvalue weighted by molar-refractivity contribution is 8.00. The highest BCUT2D eigenvalue weighted by Gasteiger charge is 2.53. The van der Waals surface area contributed by atoms with E-state index in [9.17, 15) is 9.59 Å². The molecule has 4 atom stereocenters. The molecule has 0 radical (unpaired) electrons. The number of nitrogens with one attached hydrogen (secondary N) is 1. The summed E-state index contributed by atoms with van der Waals surface area (Å²) in [5, 5.41) is 0.302. The van der Waals surface area contributed by atoms with Crippen LogP contribution in [0.1, 0.15) is 65.6 Å². The average molecular weight is 428 g/mol. The maximum Gasteiger partial charge on any atom is 0.280 e. The molecule has 1 aromatic carbocycles. The summed E-state index contributed by atoms with van der Waals surface area (Å²) in [6, 6.07) is 7.29. The van der Waals surface area contributed by atoms with Gasteiger partial charge in [0.25, 0.3) is 11.5 Å². The van der Waals surface area contributed by atoms with Gasteiger partial charge in [-0.2, -0.15) is 0 Å².